The number of carbonyl (C=O) groups is 2. The third-order valence-corrected chi connectivity index (χ3v) is 5.54. The fourth-order valence-corrected chi connectivity index (χ4v) is 3.87. The summed E-state index contributed by atoms with van der Waals surface area (Å²) in [5, 5.41) is 11.5. The molecular weight excluding hydrogens is 342 g/mol. The van der Waals surface area contributed by atoms with E-state index in [1.807, 2.05) is 31.2 Å². The normalized spacial score (nSPS) is 19.0. The highest BCUT2D eigenvalue weighted by Crippen LogP contribution is 2.35. The molecule has 128 valence electrons. The summed E-state index contributed by atoms with van der Waals surface area (Å²) < 4.78 is 0.269. The molecule has 0 saturated carbocycles. The lowest BCUT2D eigenvalue weighted by molar-refractivity contribution is -0.311. The minimum atomic E-state index is -1.27. The highest BCUT2D eigenvalue weighted by atomic mass is 32.2. The molecule has 0 spiro atoms. The first-order chi connectivity index (χ1) is 11.4. The van der Waals surface area contributed by atoms with Crippen molar-refractivity contribution in [3.8, 4) is 0 Å². The summed E-state index contributed by atoms with van der Waals surface area (Å²) >= 11 is 6.39. The Morgan fingerprint density at radius 2 is 1.96 bits per heavy atom. The first-order valence-corrected chi connectivity index (χ1v) is 9.18. The molecule has 0 radical (unpaired) electrons. The Labute approximate surface area is 151 Å². The number of aryl methyl sites for hydroxylation is 1. The van der Waals surface area contributed by atoms with E-state index in [0.717, 1.165) is 23.7 Å². The Morgan fingerprint density at radius 3 is 2.46 bits per heavy atom. The Hall–Kier alpha value is -1.66. The van der Waals surface area contributed by atoms with Crippen LogP contribution in [0.2, 0.25) is 0 Å². The van der Waals surface area contributed by atoms with E-state index in [4.69, 9.17) is 12.2 Å². The number of benzene rings is 1. The molecule has 2 atom stereocenters. The third-order valence-electron chi connectivity index (χ3n) is 4.21. The monoisotopic (exact) mass is 362 g/mol. The lowest BCUT2D eigenvalue weighted by atomic mass is 9.98. The minimum absolute atomic E-state index is 0.235. The van der Waals surface area contributed by atoms with Gasteiger partial charge in [0.05, 0.1) is 16.9 Å². The van der Waals surface area contributed by atoms with Crippen LogP contribution in [0.1, 0.15) is 38.3 Å². The highest BCUT2D eigenvalue weighted by molar-refractivity contribution is 8.26. The van der Waals surface area contributed by atoms with Gasteiger partial charge in [-0.05, 0) is 29.5 Å². The molecule has 0 bridgehead atoms. The van der Waals surface area contributed by atoms with Crippen LogP contribution < -0.4 is 5.11 Å². The van der Waals surface area contributed by atoms with Crippen molar-refractivity contribution in [3.05, 3.63) is 40.3 Å². The molecule has 1 aromatic rings. The van der Waals surface area contributed by atoms with Gasteiger partial charge >= 0.3 is 0 Å². The molecule has 0 aromatic heterocycles. The second-order valence-corrected chi connectivity index (χ2v) is 7.47. The maximum Gasteiger partial charge on any atom is 0.266 e. The van der Waals surface area contributed by atoms with Crippen molar-refractivity contribution in [2.75, 3.05) is 0 Å². The molecule has 1 aliphatic heterocycles. The molecule has 0 unspecified atom stereocenters. The molecule has 4 nitrogen and oxygen atoms in total. The summed E-state index contributed by atoms with van der Waals surface area (Å²) in [6.45, 7) is 5.74. The average Bonchev–Trinajstić information content (AvgIpc) is 2.83. The molecule has 1 fully saturated rings. The summed E-state index contributed by atoms with van der Waals surface area (Å²) in [7, 11) is 0. The average molecular weight is 362 g/mol. The van der Waals surface area contributed by atoms with Gasteiger partial charge in [0.25, 0.3) is 5.91 Å². The van der Waals surface area contributed by atoms with Crippen LogP contribution >= 0.6 is 24.0 Å². The largest absolute Gasteiger partial charge is 0.548 e. The smallest absolute Gasteiger partial charge is 0.266 e. The van der Waals surface area contributed by atoms with Gasteiger partial charge < -0.3 is 9.90 Å². The third kappa shape index (κ3) is 3.87. The van der Waals surface area contributed by atoms with Crippen molar-refractivity contribution in [1.29, 1.82) is 0 Å². The van der Waals surface area contributed by atoms with Crippen LogP contribution in [0.3, 0.4) is 0 Å². The van der Waals surface area contributed by atoms with Crippen LogP contribution in [0.15, 0.2) is 29.2 Å². The number of thiocarbonyl (C=S) groups is 1. The van der Waals surface area contributed by atoms with E-state index < -0.39 is 12.0 Å². The number of amides is 1. The lowest BCUT2D eigenvalue weighted by Crippen LogP contribution is -2.53. The van der Waals surface area contributed by atoms with Crippen LogP contribution in [0.5, 0.6) is 0 Å². The minimum Gasteiger partial charge on any atom is -0.548 e. The van der Waals surface area contributed by atoms with Crippen LogP contribution in [0.4, 0.5) is 0 Å². The Bertz CT molecular complexity index is 682. The summed E-state index contributed by atoms with van der Waals surface area (Å²) in [5.74, 6) is -1.87. The number of nitrogens with zero attached hydrogens (tertiary/aromatic N) is 1. The fourth-order valence-electron chi connectivity index (χ4n) is 2.54. The fraction of sp³-hybridized carbons (Fsp3) is 0.389. The van der Waals surface area contributed by atoms with Crippen LogP contribution in [-0.2, 0) is 16.0 Å². The van der Waals surface area contributed by atoms with E-state index in [-0.39, 0.29) is 16.1 Å². The number of carboxylic acids is 1. The molecule has 0 aliphatic carbocycles. The van der Waals surface area contributed by atoms with E-state index >= 15 is 0 Å². The van der Waals surface area contributed by atoms with E-state index in [2.05, 4.69) is 6.92 Å². The second kappa shape index (κ2) is 7.94. The van der Waals surface area contributed by atoms with Crippen LogP contribution in [0.25, 0.3) is 6.08 Å². The van der Waals surface area contributed by atoms with E-state index in [1.54, 1.807) is 13.0 Å². The maximum absolute atomic E-state index is 12.7. The predicted molar refractivity (Wildman–Crippen MR) is 99.1 cm³/mol. The Kier molecular flexibility index (Phi) is 6.18. The molecule has 1 aromatic carbocycles. The summed E-state index contributed by atoms with van der Waals surface area (Å²) in [4.78, 5) is 25.8. The number of thioether (sulfide) groups is 1. The van der Waals surface area contributed by atoms with Crippen molar-refractivity contribution in [2.45, 2.75) is 39.7 Å². The lowest BCUT2D eigenvalue weighted by Gasteiger charge is -2.32. The van der Waals surface area contributed by atoms with Gasteiger partial charge in [0, 0.05) is 0 Å². The number of hydrogen-bond donors (Lipinski definition) is 0. The highest BCUT2D eigenvalue weighted by Gasteiger charge is 2.39. The van der Waals surface area contributed by atoms with Crippen molar-refractivity contribution in [1.82, 2.24) is 4.90 Å². The van der Waals surface area contributed by atoms with Crippen molar-refractivity contribution >= 4 is 46.3 Å². The molecule has 1 saturated heterocycles. The van der Waals surface area contributed by atoms with Gasteiger partial charge in [-0.1, -0.05) is 75.4 Å². The standard InChI is InChI=1S/C18H21NO3S2/c1-4-11(3)15(17(21)22)19-16(20)14(24-18(19)23)10-13-8-6-12(5-2)7-9-13/h6-11,15H,4-5H2,1-3H3,(H,21,22)/p-1/b14-10-/t11-,15-/m0/s1. The van der Waals surface area contributed by atoms with Gasteiger partial charge in [0.1, 0.15) is 4.32 Å². The SMILES string of the molecule is CCc1ccc(/C=C2\SC(=S)N([C@H](C(=O)[O-])[C@@H](C)CC)C2=O)cc1. The summed E-state index contributed by atoms with van der Waals surface area (Å²) in [5.41, 5.74) is 2.11. The van der Waals surface area contributed by atoms with Crippen molar-refractivity contribution < 1.29 is 14.7 Å². The van der Waals surface area contributed by atoms with Crippen molar-refractivity contribution in [3.63, 3.8) is 0 Å². The molecule has 1 aliphatic rings. The first-order valence-electron chi connectivity index (χ1n) is 7.95. The van der Waals surface area contributed by atoms with E-state index in [9.17, 15) is 14.7 Å². The zero-order valence-corrected chi connectivity index (χ0v) is 15.6. The van der Waals surface area contributed by atoms with Gasteiger partial charge in [0.2, 0.25) is 0 Å². The van der Waals surface area contributed by atoms with Crippen LogP contribution in [0, 0.1) is 5.92 Å². The van der Waals surface area contributed by atoms with E-state index in [1.165, 1.54) is 10.5 Å². The Morgan fingerprint density at radius 1 is 1.33 bits per heavy atom. The van der Waals surface area contributed by atoms with Gasteiger partial charge in [-0.2, -0.15) is 0 Å². The number of carboxylic acid groups (broad SMARTS) is 1. The van der Waals surface area contributed by atoms with Gasteiger partial charge in [-0.15, -0.1) is 0 Å². The molecule has 6 heteroatoms. The summed E-state index contributed by atoms with van der Waals surface area (Å²) in [6, 6.07) is 6.87. The molecule has 24 heavy (non-hydrogen) atoms. The van der Waals surface area contributed by atoms with Gasteiger partial charge in [-0.3, -0.25) is 9.69 Å². The maximum atomic E-state index is 12.7. The molecule has 1 heterocycles. The summed E-state index contributed by atoms with van der Waals surface area (Å²) in [6.07, 6.45) is 3.32. The molecule has 1 amide bonds. The number of rotatable bonds is 6. The quantitative estimate of drug-likeness (QED) is 0.575. The number of aliphatic carboxylic acids is 1. The second-order valence-electron chi connectivity index (χ2n) is 5.80. The zero-order chi connectivity index (χ0) is 17.9. The van der Waals surface area contributed by atoms with Crippen LogP contribution in [-0.4, -0.2) is 27.1 Å². The number of hydrogen-bond acceptors (Lipinski definition) is 5. The molecule has 0 N–H and O–H groups in total. The topological polar surface area (TPSA) is 60.4 Å². The predicted octanol–water partition coefficient (Wildman–Crippen LogP) is 2.61. The molecular formula is C18H20NO3S2-. The Balaban J connectivity index is 2.29. The number of carbonyl (C=O) groups excluding carboxylic acids is 2. The van der Waals surface area contributed by atoms with Gasteiger partial charge in [0.15, 0.2) is 0 Å². The first kappa shape index (κ1) is 18.7. The molecule has 2 rings (SSSR count). The van der Waals surface area contributed by atoms with Gasteiger partial charge in [-0.25, -0.2) is 0 Å². The van der Waals surface area contributed by atoms with E-state index in [0.29, 0.717) is 11.3 Å². The zero-order valence-electron chi connectivity index (χ0n) is 13.9. The van der Waals surface area contributed by atoms with Crippen molar-refractivity contribution in [2.24, 2.45) is 5.92 Å².